The Hall–Kier alpha value is -3.39. The van der Waals surface area contributed by atoms with Gasteiger partial charge in [-0.25, -0.2) is 4.98 Å². The van der Waals surface area contributed by atoms with Crippen LogP contribution in [0, 0.1) is 0 Å². The maximum Gasteiger partial charge on any atom is 0.0736 e. The molecule has 1 aliphatic carbocycles. The number of rotatable bonds is 1. The van der Waals surface area contributed by atoms with E-state index < -0.39 is 0 Å². The van der Waals surface area contributed by atoms with Gasteiger partial charge < -0.3 is 4.57 Å². The zero-order valence-corrected chi connectivity index (χ0v) is 14.4. The summed E-state index contributed by atoms with van der Waals surface area (Å²) in [6, 6.07) is 23.7. The SMILES string of the molecule is Cn1c2ccccc2c2cccc(-c3cc4c5c(cccc5n3)C=C4)c21. The van der Waals surface area contributed by atoms with Gasteiger partial charge in [0.25, 0.3) is 0 Å². The third kappa shape index (κ3) is 1.68. The van der Waals surface area contributed by atoms with Gasteiger partial charge >= 0.3 is 0 Å². The van der Waals surface area contributed by atoms with E-state index in [0.717, 1.165) is 11.2 Å². The van der Waals surface area contributed by atoms with Crippen molar-refractivity contribution in [2.75, 3.05) is 0 Å². The van der Waals surface area contributed by atoms with Crippen LogP contribution in [0.2, 0.25) is 0 Å². The van der Waals surface area contributed by atoms with Crippen LogP contribution in [0.5, 0.6) is 0 Å². The maximum absolute atomic E-state index is 5.02. The van der Waals surface area contributed by atoms with Gasteiger partial charge in [-0.2, -0.15) is 0 Å². The van der Waals surface area contributed by atoms with Crippen LogP contribution < -0.4 is 0 Å². The van der Waals surface area contributed by atoms with E-state index in [0.29, 0.717) is 0 Å². The number of benzene rings is 3. The lowest BCUT2D eigenvalue weighted by Gasteiger charge is -2.09. The van der Waals surface area contributed by atoms with E-state index in [1.165, 1.54) is 43.9 Å². The molecule has 0 N–H and O–H groups in total. The highest BCUT2D eigenvalue weighted by Crippen LogP contribution is 2.37. The average molecular weight is 332 g/mol. The van der Waals surface area contributed by atoms with Gasteiger partial charge in [-0.05, 0) is 29.3 Å². The number of para-hydroxylation sites is 2. The Labute approximate surface area is 151 Å². The highest BCUT2D eigenvalue weighted by molar-refractivity contribution is 6.13. The van der Waals surface area contributed by atoms with Crippen molar-refractivity contribution in [1.29, 1.82) is 0 Å². The third-order valence-electron chi connectivity index (χ3n) is 5.54. The number of pyridine rings is 1. The average Bonchev–Trinajstić information content (AvgIpc) is 3.23. The lowest BCUT2D eigenvalue weighted by Crippen LogP contribution is -1.93. The minimum Gasteiger partial charge on any atom is -0.343 e. The predicted molar refractivity (Wildman–Crippen MR) is 110 cm³/mol. The highest BCUT2D eigenvalue weighted by atomic mass is 14.9. The number of hydrogen-bond donors (Lipinski definition) is 0. The molecule has 2 heterocycles. The Morgan fingerprint density at radius 2 is 1.58 bits per heavy atom. The summed E-state index contributed by atoms with van der Waals surface area (Å²) >= 11 is 0. The summed E-state index contributed by atoms with van der Waals surface area (Å²) in [6.45, 7) is 0. The Balaban J connectivity index is 1.74. The van der Waals surface area contributed by atoms with Gasteiger partial charge in [-0.15, -0.1) is 0 Å². The molecule has 26 heavy (non-hydrogen) atoms. The van der Waals surface area contributed by atoms with Crippen molar-refractivity contribution < 1.29 is 0 Å². The summed E-state index contributed by atoms with van der Waals surface area (Å²) in [5, 5.41) is 3.84. The zero-order chi connectivity index (χ0) is 17.3. The molecule has 1 aliphatic rings. The van der Waals surface area contributed by atoms with Crippen LogP contribution in [0.4, 0.5) is 0 Å². The molecule has 0 aliphatic heterocycles. The Bertz CT molecular complexity index is 1390. The van der Waals surface area contributed by atoms with Crippen LogP contribution in [0.25, 0.3) is 56.1 Å². The van der Waals surface area contributed by atoms with E-state index in [-0.39, 0.29) is 0 Å². The van der Waals surface area contributed by atoms with Crippen molar-refractivity contribution in [2.45, 2.75) is 0 Å². The van der Waals surface area contributed by atoms with Gasteiger partial charge in [0.05, 0.1) is 16.7 Å². The van der Waals surface area contributed by atoms with Crippen molar-refractivity contribution in [3.05, 3.63) is 77.9 Å². The molecule has 0 radical (unpaired) electrons. The number of hydrogen-bond acceptors (Lipinski definition) is 1. The fourth-order valence-electron chi connectivity index (χ4n) is 4.38. The Morgan fingerprint density at radius 1 is 0.769 bits per heavy atom. The molecule has 0 bridgehead atoms. The Morgan fingerprint density at radius 3 is 2.54 bits per heavy atom. The summed E-state index contributed by atoms with van der Waals surface area (Å²) in [6.07, 6.45) is 4.38. The molecule has 0 spiro atoms. The molecule has 0 amide bonds. The van der Waals surface area contributed by atoms with Gasteiger partial charge in [0, 0.05) is 34.3 Å². The molecule has 2 heteroatoms. The van der Waals surface area contributed by atoms with Crippen LogP contribution in [0.1, 0.15) is 11.1 Å². The van der Waals surface area contributed by atoms with Gasteiger partial charge in [0.1, 0.15) is 0 Å². The summed E-state index contributed by atoms with van der Waals surface area (Å²) in [5.74, 6) is 0. The van der Waals surface area contributed by atoms with Crippen molar-refractivity contribution in [1.82, 2.24) is 9.55 Å². The fraction of sp³-hybridized carbons (Fsp3) is 0.0417. The molecule has 2 aromatic heterocycles. The quantitative estimate of drug-likeness (QED) is 0.359. The topological polar surface area (TPSA) is 17.8 Å². The molecule has 0 fully saturated rings. The fourth-order valence-corrected chi connectivity index (χ4v) is 4.38. The highest BCUT2D eigenvalue weighted by Gasteiger charge is 2.16. The lowest BCUT2D eigenvalue weighted by molar-refractivity contribution is 1.01. The predicted octanol–water partition coefficient (Wildman–Crippen LogP) is 6.03. The second kappa shape index (κ2) is 4.83. The van der Waals surface area contributed by atoms with E-state index in [2.05, 4.69) is 90.5 Å². The van der Waals surface area contributed by atoms with Crippen molar-refractivity contribution in [3.8, 4) is 11.3 Å². The molecule has 0 atom stereocenters. The molecule has 5 aromatic rings. The van der Waals surface area contributed by atoms with Gasteiger partial charge in [-0.1, -0.05) is 60.7 Å². The standard InChI is InChI=1S/C24H16N2/c1-26-22-11-3-2-7-17(22)18-8-5-9-19(24(18)26)21-14-16-13-12-15-6-4-10-20(25-21)23(15)16/h2-14H,1H3. The smallest absolute Gasteiger partial charge is 0.0736 e. The molecular weight excluding hydrogens is 316 g/mol. The molecule has 6 rings (SSSR count). The van der Waals surface area contributed by atoms with Crippen molar-refractivity contribution in [3.63, 3.8) is 0 Å². The second-order valence-corrected chi connectivity index (χ2v) is 6.95. The van der Waals surface area contributed by atoms with Crippen LogP contribution in [0.3, 0.4) is 0 Å². The Kier molecular flexibility index (Phi) is 2.57. The first kappa shape index (κ1) is 13.9. The van der Waals surface area contributed by atoms with Crippen LogP contribution in [0.15, 0.2) is 66.7 Å². The molecule has 2 nitrogen and oxygen atoms in total. The lowest BCUT2D eigenvalue weighted by atomic mass is 10.0. The normalized spacial score (nSPS) is 12.7. The maximum atomic E-state index is 5.02. The van der Waals surface area contributed by atoms with Gasteiger partial charge in [0.15, 0.2) is 0 Å². The first-order valence-electron chi connectivity index (χ1n) is 8.90. The summed E-state index contributed by atoms with van der Waals surface area (Å²) < 4.78 is 2.29. The number of aromatic nitrogens is 2. The van der Waals surface area contributed by atoms with Crippen LogP contribution >= 0.6 is 0 Å². The van der Waals surface area contributed by atoms with Gasteiger partial charge in [0.2, 0.25) is 0 Å². The van der Waals surface area contributed by atoms with E-state index in [9.17, 15) is 0 Å². The van der Waals surface area contributed by atoms with Gasteiger partial charge in [-0.3, -0.25) is 0 Å². The molecule has 122 valence electrons. The summed E-state index contributed by atoms with van der Waals surface area (Å²) in [5.41, 5.74) is 8.30. The van der Waals surface area contributed by atoms with Crippen LogP contribution in [-0.4, -0.2) is 9.55 Å². The zero-order valence-electron chi connectivity index (χ0n) is 14.4. The first-order valence-corrected chi connectivity index (χ1v) is 8.90. The van der Waals surface area contributed by atoms with E-state index >= 15 is 0 Å². The summed E-state index contributed by atoms with van der Waals surface area (Å²) in [4.78, 5) is 5.02. The minimum atomic E-state index is 1.03. The molecular formula is C24H16N2. The first-order chi connectivity index (χ1) is 12.8. The summed E-state index contributed by atoms with van der Waals surface area (Å²) in [7, 11) is 2.15. The minimum absolute atomic E-state index is 1.03. The number of nitrogens with zero attached hydrogens (tertiary/aromatic N) is 2. The van der Waals surface area contributed by atoms with Crippen molar-refractivity contribution >= 4 is 44.9 Å². The second-order valence-electron chi connectivity index (χ2n) is 6.95. The van der Waals surface area contributed by atoms with E-state index in [4.69, 9.17) is 4.98 Å². The molecule has 0 saturated heterocycles. The van der Waals surface area contributed by atoms with Crippen LogP contribution in [-0.2, 0) is 7.05 Å². The number of fused-ring (bicyclic) bond motifs is 3. The largest absolute Gasteiger partial charge is 0.343 e. The number of aryl methyl sites for hydroxylation is 1. The monoisotopic (exact) mass is 332 g/mol. The van der Waals surface area contributed by atoms with E-state index in [1.54, 1.807) is 0 Å². The van der Waals surface area contributed by atoms with E-state index in [1.807, 2.05) is 0 Å². The molecule has 0 saturated carbocycles. The molecule has 0 unspecified atom stereocenters. The molecule has 3 aromatic carbocycles. The van der Waals surface area contributed by atoms with Crippen molar-refractivity contribution in [2.24, 2.45) is 7.05 Å². The third-order valence-corrected chi connectivity index (χ3v) is 5.54.